The molecule has 5 aromatic rings. The molecule has 5 rings (SSSR count). The Bertz CT molecular complexity index is 1640. The molecule has 0 saturated heterocycles. The van der Waals surface area contributed by atoms with E-state index in [0.717, 1.165) is 97.0 Å². The van der Waals surface area contributed by atoms with Crippen LogP contribution in [-0.2, 0) is 9.47 Å². The topological polar surface area (TPSA) is 74.4 Å². The van der Waals surface area contributed by atoms with E-state index >= 15 is 0 Å². The van der Waals surface area contributed by atoms with Gasteiger partial charge in [-0.2, -0.15) is 20.5 Å². The van der Waals surface area contributed by atoms with Crippen molar-refractivity contribution in [1.82, 2.24) is 0 Å². The van der Waals surface area contributed by atoms with Crippen molar-refractivity contribution in [3.05, 3.63) is 121 Å². The number of unbranched alkanes of at least 4 members (excludes halogenated alkanes) is 2. The predicted molar refractivity (Wildman–Crippen MR) is 207 cm³/mol. The molecule has 0 saturated carbocycles. The predicted octanol–water partition coefficient (Wildman–Crippen LogP) is 11.6. The highest BCUT2D eigenvalue weighted by atomic mass is 16.5. The van der Waals surface area contributed by atoms with Crippen molar-refractivity contribution in [1.29, 1.82) is 0 Å². The summed E-state index contributed by atoms with van der Waals surface area (Å²) in [6.07, 6.45) is 4.32. The van der Waals surface area contributed by atoms with Crippen LogP contribution in [0.2, 0.25) is 0 Å². The minimum atomic E-state index is 0.804. The molecule has 0 radical (unpaired) electrons. The van der Waals surface area contributed by atoms with Gasteiger partial charge in [-0.05, 0) is 121 Å². The van der Waals surface area contributed by atoms with Crippen LogP contribution in [-0.4, -0.2) is 54.6 Å². The van der Waals surface area contributed by atoms with Gasteiger partial charge in [0.25, 0.3) is 0 Å². The summed E-state index contributed by atoms with van der Waals surface area (Å²) in [4.78, 5) is 4.50. The van der Waals surface area contributed by atoms with Crippen LogP contribution in [0.25, 0.3) is 22.3 Å². The van der Waals surface area contributed by atoms with E-state index in [2.05, 4.69) is 117 Å². The van der Waals surface area contributed by atoms with E-state index in [9.17, 15) is 0 Å². The third-order valence-corrected chi connectivity index (χ3v) is 8.61. The zero-order valence-corrected chi connectivity index (χ0v) is 29.7. The standard InChI is InChI=1S/C42H48N6O2/c1-47(29-5-7-31-49-3)41-25-21-39(22-26-41)45-43-37-17-13-35(14-18-37)33-9-11-34(12-10-33)36-15-19-38(20-16-36)44-46-40-23-27-42(28-24-40)48(2)30-6-8-32-50-4/h9-28H,5-8,29-32H2,1-4H3/b45-43+,46-44+. The fourth-order valence-electron chi connectivity index (χ4n) is 5.52. The van der Waals surface area contributed by atoms with E-state index in [1.54, 1.807) is 14.2 Å². The number of anilines is 2. The van der Waals surface area contributed by atoms with Gasteiger partial charge >= 0.3 is 0 Å². The lowest BCUT2D eigenvalue weighted by atomic mass is 10.00. The van der Waals surface area contributed by atoms with Crippen LogP contribution < -0.4 is 9.80 Å². The number of ether oxygens (including phenoxy) is 2. The van der Waals surface area contributed by atoms with E-state index in [-0.39, 0.29) is 0 Å². The third-order valence-electron chi connectivity index (χ3n) is 8.61. The second-order valence-corrected chi connectivity index (χ2v) is 12.3. The molecule has 0 N–H and O–H groups in total. The third kappa shape index (κ3) is 10.9. The molecule has 0 aliphatic carbocycles. The summed E-state index contributed by atoms with van der Waals surface area (Å²) in [6.45, 7) is 3.59. The van der Waals surface area contributed by atoms with Crippen molar-refractivity contribution in [2.24, 2.45) is 20.5 Å². The maximum Gasteiger partial charge on any atom is 0.0858 e. The number of rotatable bonds is 18. The summed E-state index contributed by atoms with van der Waals surface area (Å²) in [5.74, 6) is 0. The summed E-state index contributed by atoms with van der Waals surface area (Å²) in [5.41, 5.74) is 10.2. The van der Waals surface area contributed by atoms with Crippen LogP contribution in [0.4, 0.5) is 34.1 Å². The maximum atomic E-state index is 5.14. The molecular formula is C42H48N6O2. The molecular weight excluding hydrogens is 621 g/mol. The van der Waals surface area contributed by atoms with E-state index in [1.807, 2.05) is 48.5 Å². The molecule has 0 atom stereocenters. The molecule has 8 nitrogen and oxygen atoms in total. The first-order valence-corrected chi connectivity index (χ1v) is 17.3. The Morgan fingerprint density at radius 1 is 0.380 bits per heavy atom. The van der Waals surface area contributed by atoms with Crippen LogP contribution in [0, 0.1) is 0 Å². The van der Waals surface area contributed by atoms with Crippen molar-refractivity contribution in [3.8, 4) is 22.3 Å². The lowest BCUT2D eigenvalue weighted by Crippen LogP contribution is -2.18. The zero-order chi connectivity index (χ0) is 35.0. The number of azo groups is 2. The molecule has 50 heavy (non-hydrogen) atoms. The number of hydrogen-bond donors (Lipinski definition) is 0. The van der Waals surface area contributed by atoms with Crippen LogP contribution in [0.3, 0.4) is 0 Å². The SMILES string of the molecule is COCCCCN(C)c1ccc(/N=N/c2ccc(-c3ccc(-c4ccc(/N=N/c5ccc(N(C)CCCCOC)cc5)cc4)cc3)cc2)cc1. The molecule has 258 valence electrons. The van der Waals surface area contributed by atoms with Crippen LogP contribution in [0.1, 0.15) is 25.7 Å². The molecule has 0 amide bonds. The van der Waals surface area contributed by atoms with Gasteiger partial charge in [0, 0.05) is 66.0 Å². The highest BCUT2D eigenvalue weighted by molar-refractivity contribution is 5.72. The molecule has 0 fully saturated rings. The van der Waals surface area contributed by atoms with Crippen LogP contribution in [0.5, 0.6) is 0 Å². The fraction of sp³-hybridized carbons (Fsp3) is 0.286. The lowest BCUT2D eigenvalue weighted by Gasteiger charge is -2.19. The molecule has 0 bridgehead atoms. The highest BCUT2D eigenvalue weighted by Gasteiger charge is 2.04. The van der Waals surface area contributed by atoms with Crippen molar-refractivity contribution in [3.63, 3.8) is 0 Å². The van der Waals surface area contributed by atoms with Crippen LogP contribution >= 0.6 is 0 Å². The summed E-state index contributed by atoms with van der Waals surface area (Å²) in [7, 11) is 7.71. The highest BCUT2D eigenvalue weighted by Crippen LogP contribution is 2.29. The van der Waals surface area contributed by atoms with Gasteiger partial charge in [-0.3, -0.25) is 0 Å². The number of benzene rings is 5. The Morgan fingerprint density at radius 3 is 0.920 bits per heavy atom. The number of nitrogens with zero attached hydrogens (tertiary/aromatic N) is 6. The first-order chi connectivity index (χ1) is 24.5. The van der Waals surface area contributed by atoms with Crippen molar-refractivity contribution in [2.45, 2.75) is 25.7 Å². The van der Waals surface area contributed by atoms with Gasteiger partial charge < -0.3 is 19.3 Å². The van der Waals surface area contributed by atoms with Crippen molar-refractivity contribution >= 4 is 34.1 Å². The van der Waals surface area contributed by atoms with Crippen LogP contribution in [0.15, 0.2) is 142 Å². The number of methoxy groups -OCH3 is 2. The summed E-state index contributed by atoms with van der Waals surface area (Å²) in [6, 6.07) is 41.3. The van der Waals surface area contributed by atoms with Gasteiger partial charge in [0.15, 0.2) is 0 Å². The Morgan fingerprint density at radius 2 is 0.640 bits per heavy atom. The maximum absolute atomic E-state index is 5.14. The first-order valence-electron chi connectivity index (χ1n) is 17.3. The second kappa shape index (κ2) is 19.1. The summed E-state index contributed by atoms with van der Waals surface area (Å²) in [5, 5.41) is 17.8. The monoisotopic (exact) mass is 668 g/mol. The fourth-order valence-corrected chi connectivity index (χ4v) is 5.52. The summed E-state index contributed by atoms with van der Waals surface area (Å²) < 4.78 is 10.3. The molecule has 0 aliphatic rings. The largest absolute Gasteiger partial charge is 0.385 e. The molecule has 0 aromatic heterocycles. The Labute approximate surface area is 297 Å². The van der Waals surface area contributed by atoms with Gasteiger partial charge in [-0.1, -0.05) is 48.5 Å². The zero-order valence-electron chi connectivity index (χ0n) is 29.7. The Balaban J connectivity index is 1.11. The van der Waals surface area contributed by atoms with Gasteiger partial charge in [-0.25, -0.2) is 0 Å². The quantitative estimate of drug-likeness (QED) is 0.0688. The molecule has 8 heteroatoms. The molecule has 0 spiro atoms. The first kappa shape index (κ1) is 36.1. The normalized spacial score (nSPS) is 11.4. The Kier molecular flexibility index (Phi) is 13.8. The van der Waals surface area contributed by atoms with Crippen molar-refractivity contribution in [2.75, 3.05) is 64.4 Å². The van der Waals surface area contributed by atoms with E-state index in [1.165, 1.54) is 11.4 Å². The van der Waals surface area contributed by atoms with Gasteiger partial charge in [0.2, 0.25) is 0 Å². The molecule has 0 heterocycles. The summed E-state index contributed by atoms with van der Waals surface area (Å²) >= 11 is 0. The van der Waals surface area contributed by atoms with Crippen molar-refractivity contribution < 1.29 is 9.47 Å². The van der Waals surface area contributed by atoms with E-state index in [0.29, 0.717) is 0 Å². The van der Waals surface area contributed by atoms with E-state index < -0.39 is 0 Å². The second-order valence-electron chi connectivity index (χ2n) is 12.3. The van der Waals surface area contributed by atoms with E-state index in [4.69, 9.17) is 9.47 Å². The molecule has 0 aliphatic heterocycles. The molecule has 5 aromatic carbocycles. The average molecular weight is 669 g/mol. The smallest absolute Gasteiger partial charge is 0.0858 e. The van der Waals surface area contributed by atoms with Gasteiger partial charge in [-0.15, -0.1) is 0 Å². The van der Waals surface area contributed by atoms with Gasteiger partial charge in [0.1, 0.15) is 0 Å². The lowest BCUT2D eigenvalue weighted by molar-refractivity contribution is 0.193. The molecule has 0 unspecified atom stereocenters. The minimum Gasteiger partial charge on any atom is -0.385 e. The number of hydrogen-bond acceptors (Lipinski definition) is 8. The Hall–Kier alpha value is -5.18. The average Bonchev–Trinajstić information content (AvgIpc) is 3.17. The minimum absolute atomic E-state index is 0.804. The van der Waals surface area contributed by atoms with Gasteiger partial charge in [0.05, 0.1) is 22.7 Å².